The molecule has 1 aromatic carbocycles. The van der Waals surface area contributed by atoms with Crippen molar-refractivity contribution in [3.05, 3.63) is 57.7 Å². The van der Waals surface area contributed by atoms with Crippen molar-refractivity contribution in [2.45, 2.75) is 39.8 Å². The third-order valence-corrected chi connectivity index (χ3v) is 4.16. The van der Waals surface area contributed by atoms with Crippen molar-refractivity contribution >= 4 is 16.8 Å². The third kappa shape index (κ3) is 3.45. The molecule has 1 atom stereocenters. The highest BCUT2D eigenvalue weighted by Gasteiger charge is 2.16. The number of aryl methyl sites for hydroxylation is 3. The molecule has 7 nitrogen and oxygen atoms in total. The van der Waals surface area contributed by atoms with Crippen molar-refractivity contribution < 1.29 is 9.32 Å². The summed E-state index contributed by atoms with van der Waals surface area (Å²) in [6.07, 6.45) is 0.159. The van der Waals surface area contributed by atoms with Gasteiger partial charge in [-0.2, -0.15) is 5.10 Å². The molecule has 2 heterocycles. The second-order valence-electron chi connectivity index (χ2n) is 6.03. The first-order valence-electron chi connectivity index (χ1n) is 8.15. The summed E-state index contributed by atoms with van der Waals surface area (Å²) in [5.74, 6) is 0.429. The van der Waals surface area contributed by atoms with Gasteiger partial charge in [-0.3, -0.25) is 9.59 Å². The molecule has 7 heteroatoms. The van der Waals surface area contributed by atoms with Crippen LogP contribution in [0.5, 0.6) is 0 Å². The van der Waals surface area contributed by atoms with Gasteiger partial charge in [-0.15, -0.1) is 0 Å². The summed E-state index contributed by atoms with van der Waals surface area (Å²) in [6, 6.07) is 9.61. The summed E-state index contributed by atoms with van der Waals surface area (Å²) in [5.41, 5.74) is 1.59. The van der Waals surface area contributed by atoms with Gasteiger partial charge in [-0.25, -0.2) is 4.68 Å². The molecule has 25 heavy (non-hydrogen) atoms. The van der Waals surface area contributed by atoms with E-state index in [1.165, 1.54) is 4.68 Å². The van der Waals surface area contributed by atoms with E-state index in [4.69, 9.17) is 4.52 Å². The molecule has 0 unspecified atom stereocenters. The predicted molar refractivity (Wildman–Crippen MR) is 93.2 cm³/mol. The van der Waals surface area contributed by atoms with Crippen LogP contribution in [-0.2, 0) is 11.3 Å². The van der Waals surface area contributed by atoms with Gasteiger partial charge in [0.25, 0.3) is 5.56 Å². The van der Waals surface area contributed by atoms with E-state index in [2.05, 4.69) is 15.6 Å². The van der Waals surface area contributed by atoms with Crippen LogP contribution in [0.25, 0.3) is 10.9 Å². The van der Waals surface area contributed by atoms with Crippen LogP contribution in [0.4, 0.5) is 0 Å². The minimum atomic E-state index is -0.346. The summed E-state index contributed by atoms with van der Waals surface area (Å²) < 4.78 is 6.35. The van der Waals surface area contributed by atoms with Crippen molar-refractivity contribution in [3.63, 3.8) is 0 Å². The number of hydrogen-bond donors (Lipinski definition) is 1. The summed E-state index contributed by atoms with van der Waals surface area (Å²) in [7, 11) is 0. The van der Waals surface area contributed by atoms with Crippen molar-refractivity contribution in [1.82, 2.24) is 20.3 Å². The lowest BCUT2D eigenvalue weighted by molar-refractivity contribution is -0.122. The van der Waals surface area contributed by atoms with Crippen LogP contribution in [0.15, 0.2) is 39.6 Å². The number of carbonyl (C=O) groups excluding carboxylic acids is 1. The van der Waals surface area contributed by atoms with E-state index in [0.29, 0.717) is 16.8 Å². The number of carbonyl (C=O) groups is 1. The number of fused-ring (bicyclic) bond motifs is 1. The number of aromatic nitrogens is 3. The molecule has 1 N–H and O–H groups in total. The predicted octanol–water partition coefficient (Wildman–Crippen LogP) is 2.27. The molecule has 0 aliphatic rings. The van der Waals surface area contributed by atoms with Gasteiger partial charge >= 0.3 is 0 Å². The Hall–Kier alpha value is -2.96. The van der Waals surface area contributed by atoms with Crippen LogP contribution in [0.1, 0.15) is 36.4 Å². The number of benzene rings is 1. The van der Waals surface area contributed by atoms with E-state index in [1.54, 1.807) is 13.8 Å². The molecule has 0 saturated carbocycles. The Morgan fingerprint density at radius 2 is 2.00 bits per heavy atom. The van der Waals surface area contributed by atoms with Gasteiger partial charge < -0.3 is 9.84 Å². The van der Waals surface area contributed by atoms with E-state index in [1.807, 2.05) is 37.3 Å². The molecule has 130 valence electrons. The first-order chi connectivity index (χ1) is 12.0. The summed E-state index contributed by atoms with van der Waals surface area (Å²) in [5, 5.41) is 11.6. The zero-order valence-corrected chi connectivity index (χ0v) is 14.4. The van der Waals surface area contributed by atoms with Crippen molar-refractivity contribution in [2.24, 2.45) is 0 Å². The van der Waals surface area contributed by atoms with E-state index in [9.17, 15) is 9.59 Å². The Balaban J connectivity index is 1.69. The van der Waals surface area contributed by atoms with Crippen LogP contribution >= 0.6 is 0 Å². The Labute approximate surface area is 144 Å². The first kappa shape index (κ1) is 16.9. The van der Waals surface area contributed by atoms with Crippen molar-refractivity contribution in [1.29, 1.82) is 0 Å². The van der Waals surface area contributed by atoms with E-state index in [0.717, 1.165) is 5.56 Å². The summed E-state index contributed by atoms with van der Waals surface area (Å²) in [6.45, 7) is 5.65. The zero-order chi connectivity index (χ0) is 18.0. The SMILES string of the molecule is Cc1nn(CCC(=O)N[C@H](C)c2ccccc2)c(=O)c2noc(C)c12. The van der Waals surface area contributed by atoms with Crippen molar-refractivity contribution in [3.8, 4) is 0 Å². The number of rotatable bonds is 5. The molecule has 1 amide bonds. The van der Waals surface area contributed by atoms with E-state index < -0.39 is 0 Å². The van der Waals surface area contributed by atoms with Crippen LogP contribution in [0, 0.1) is 13.8 Å². The number of nitrogens with one attached hydrogen (secondary N) is 1. The molecule has 0 spiro atoms. The lowest BCUT2D eigenvalue weighted by Crippen LogP contribution is -2.30. The summed E-state index contributed by atoms with van der Waals surface area (Å²) in [4.78, 5) is 24.6. The topological polar surface area (TPSA) is 90.0 Å². The highest BCUT2D eigenvalue weighted by atomic mass is 16.5. The third-order valence-electron chi connectivity index (χ3n) is 4.16. The fourth-order valence-electron chi connectivity index (χ4n) is 2.84. The molecule has 0 fully saturated rings. The van der Waals surface area contributed by atoms with E-state index in [-0.39, 0.29) is 36.0 Å². The molecule has 0 radical (unpaired) electrons. The fraction of sp³-hybridized carbons (Fsp3) is 0.333. The molecule has 3 rings (SSSR count). The molecular weight excluding hydrogens is 320 g/mol. The molecule has 2 aromatic heterocycles. The standard InChI is InChI=1S/C18H20N4O3/c1-11(14-7-5-4-6-8-14)19-15(23)9-10-22-18(24)17-16(12(2)20-22)13(3)25-21-17/h4-8,11H,9-10H2,1-3H3,(H,19,23)/t11-/m1/s1. The lowest BCUT2D eigenvalue weighted by Gasteiger charge is -2.14. The fourth-order valence-corrected chi connectivity index (χ4v) is 2.84. The van der Waals surface area contributed by atoms with Gasteiger partial charge in [-0.1, -0.05) is 35.5 Å². The van der Waals surface area contributed by atoms with Gasteiger partial charge in [0, 0.05) is 6.42 Å². The number of nitrogens with zero attached hydrogens (tertiary/aromatic N) is 3. The molecule has 0 aliphatic carbocycles. The Bertz CT molecular complexity index is 960. The van der Waals surface area contributed by atoms with Crippen LogP contribution < -0.4 is 10.9 Å². The Kier molecular flexibility index (Phi) is 4.65. The quantitative estimate of drug-likeness (QED) is 0.769. The minimum absolute atomic E-state index is 0.0965. The molecule has 3 aromatic rings. The van der Waals surface area contributed by atoms with Gasteiger partial charge in [0.2, 0.25) is 5.91 Å². The van der Waals surface area contributed by atoms with Gasteiger partial charge in [-0.05, 0) is 26.3 Å². The molecular formula is C18H20N4O3. The Morgan fingerprint density at radius 3 is 2.72 bits per heavy atom. The highest BCUT2D eigenvalue weighted by molar-refractivity contribution is 5.81. The maximum absolute atomic E-state index is 12.4. The lowest BCUT2D eigenvalue weighted by atomic mass is 10.1. The Morgan fingerprint density at radius 1 is 1.28 bits per heavy atom. The molecule has 0 aliphatic heterocycles. The molecule has 0 saturated heterocycles. The second-order valence-corrected chi connectivity index (χ2v) is 6.03. The number of amides is 1. The van der Waals surface area contributed by atoms with Gasteiger partial charge in [0.05, 0.1) is 23.7 Å². The second kappa shape index (κ2) is 6.88. The molecule has 0 bridgehead atoms. The first-order valence-corrected chi connectivity index (χ1v) is 8.15. The minimum Gasteiger partial charge on any atom is -0.360 e. The van der Waals surface area contributed by atoms with Crippen LogP contribution in [0.2, 0.25) is 0 Å². The monoisotopic (exact) mass is 340 g/mol. The summed E-state index contributed by atoms with van der Waals surface area (Å²) >= 11 is 0. The zero-order valence-electron chi connectivity index (χ0n) is 14.4. The normalized spacial score (nSPS) is 12.3. The van der Waals surface area contributed by atoms with Crippen LogP contribution in [0.3, 0.4) is 0 Å². The van der Waals surface area contributed by atoms with Crippen molar-refractivity contribution in [2.75, 3.05) is 0 Å². The maximum Gasteiger partial charge on any atom is 0.296 e. The number of hydrogen-bond acceptors (Lipinski definition) is 5. The maximum atomic E-state index is 12.4. The van der Waals surface area contributed by atoms with E-state index >= 15 is 0 Å². The highest BCUT2D eigenvalue weighted by Crippen LogP contribution is 2.16. The smallest absolute Gasteiger partial charge is 0.296 e. The van der Waals surface area contributed by atoms with Gasteiger partial charge in [0.15, 0.2) is 5.52 Å². The van der Waals surface area contributed by atoms with Crippen LogP contribution in [-0.4, -0.2) is 20.8 Å². The van der Waals surface area contributed by atoms with Gasteiger partial charge in [0.1, 0.15) is 5.76 Å². The average molecular weight is 340 g/mol. The average Bonchev–Trinajstić information content (AvgIpc) is 3.00. The largest absolute Gasteiger partial charge is 0.360 e.